The Labute approximate surface area is 112 Å². The fourth-order valence-electron chi connectivity index (χ4n) is 2.18. The van der Waals surface area contributed by atoms with E-state index in [0.29, 0.717) is 19.4 Å². The van der Waals surface area contributed by atoms with Crippen molar-refractivity contribution in [2.45, 2.75) is 44.7 Å². The minimum atomic E-state index is -1.07. The summed E-state index contributed by atoms with van der Waals surface area (Å²) < 4.78 is 0. The van der Waals surface area contributed by atoms with Gasteiger partial charge in [0.25, 0.3) is 0 Å². The molecular weight excluding hydrogens is 250 g/mol. The van der Waals surface area contributed by atoms with Gasteiger partial charge >= 0.3 is 12.0 Å². The van der Waals surface area contributed by atoms with Crippen molar-refractivity contribution in [2.75, 3.05) is 13.6 Å². The third-order valence-electron chi connectivity index (χ3n) is 3.32. The predicted molar refractivity (Wildman–Crippen MR) is 68.7 cm³/mol. The van der Waals surface area contributed by atoms with Crippen molar-refractivity contribution in [3.05, 3.63) is 0 Å². The molecule has 3 N–H and O–H groups in total. The van der Waals surface area contributed by atoms with Crippen LogP contribution in [0.3, 0.4) is 0 Å². The van der Waals surface area contributed by atoms with E-state index >= 15 is 0 Å². The molecule has 1 fully saturated rings. The fourth-order valence-corrected chi connectivity index (χ4v) is 2.18. The number of nitrogens with one attached hydrogen (secondary N) is 2. The SMILES string of the molecule is CC[C@@H](NC(=O)N1CCCCC1C(=O)NC)C(=O)O. The van der Waals surface area contributed by atoms with Crippen LogP contribution in [0.2, 0.25) is 0 Å². The quantitative estimate of drug-likeness (QED) is 0.678. The predicted octanol–water partition coefficient (Wildman–Crippen LogP) is 0.160. The second-order valence-corrected chi connectivity index (χ2v) is 4.57. The highest BCUT2D eigenvalue weighted by molar-refractivity contribution is 5.88. The first-order valence-corrected chi connectivity index (χ1v) is 6.52. The molecule has 0 spiro atoms. The molecule has 1 aliphatic heterocycles. The number of hydrogen-bond acceptors (Lipinski definition) is 3. The van der Waals surface area contributed by atoms with Gasteiger partial charge in [-0.05, 0) is 25.7 Å². The summed E-state index contributed by atoms with van der Waals surface area (Å²) in [7, 11) is 1.53. The molecule has 7 nitrogen and oxygen atoms in total. The Morgan fingerprint density at radius 1 is 1.37 bits per heavy atom. The molecule has 1 unspecified atom stereocenters. The van der Waals surface area contributed by atoms with Crippen molar-refractivity contribution >= 4 is 17.9 Å². The lowest BCUT2D eigenvalue weighted by molar-refractivity contribution is -0.139. The second kappa shape index (κ2) is 6.96. The van der Waals surface area contributed by atoms with Crippen LogP contribution in [0.1, 0.15) is 32.6 Å². The monoisotopic (exact) mass is 271 g/mol. The number of hydrogen-bond donors (Lipinski definition) is 3. The third-order valence-corrected chi connectivity index (χ3v) is 3.32. The Balaban J connectivity index is 2.71. The van der Waals surface area contributed by atoms with E-state index in [9.17, 15) is 14.4 Å². The lowest BCUT2D eigenvalue weighted by Gasteiger charge is -2.35. The second-order valence-electron chi connectivity index (χ2n) is 4.57. The van der Waals surface area contributed by atoms with Crippen LogP contribution in [-0.2, 0) is 9.59 Å². The molecule has 0 aromatic carbocycles. The molecule has 1 aliphatic rings. The summed E-state index contributed by atoms with van der Waals surface area (Å²) in [6.45, 7) is 2.16. The average Bonchev–Trinajstić information content (AvgIpc) is 2.43. The van der Waals surface area contributed by atoms with Gasteiger partial charge in [0, 0.05) is 13.6 Å². The first-order chi connectivity index (χ1) is 9.01. The van der Waals surface area contributed by atoms with Crippen molar-refractivity contribution in [1.82, 2.24) is 15.5 Å². The number of carbonyl (C=O) groups is 3. The molecule has 1 heterocycles. The number of likely N-dealkylation sites (tertiary alicyclic amines) is 1. The van der Waals surface area contributed by atoms with Gasteiger partial charge in [0.15, 0.2) is 0 Å². The summed E-state index contributed by atoms with van der Waals surface area (Å²) in [5, 5.41) is 13.9. The topological polar surface area (TPSA) is 98.7 Å². The van der Waals surface area contributed by atoms with Gasteiger partial charge in [-0.2, -0.15) is 0 Å². The maximum absolute atomic E-state index is 12.1. The first-order valence-electron chi connectivity index (χ1n) is 6.52. The highest BCUT2D eigenvalue weighted by Crippen LogP contribution is 2.17. The Hall–Kier alpha value is -1.79. The van der Waals surface area contributed by atoms with Crippen LogP contribution in [-0.4, -0.2) is 53.6 Å². The van der Waals surface area contributed by atoms with E-state index in [2.05, 4.69) is 10.6 Å². The summed E-state index contributed by atoms with van der Waals surface area (Å²) in [5.41, 5.74) is 0. The van der Waals surface area contributed by atoms with Gasteiger partial charge in [-0.1, -0.05) is 6.92 Å². The number of aliphatic carboxylic acids is 1. The maximum Gasteiger partial charge on any atom is 0.326 e. The molecule has 0 aliphatic carbocycles. The summed E-state index contributed by atoms with van der Waals surface area (Å²) >= 11 is 0. The lowest BCUT2D eigenvalue weighted by atomic mass is 10.0. The zero-order valence-electron chi connectivity index (χ0n) is 11.3. The van der Waals surface area contributed by atoms with Crippen molar-refractivity contribution in [2.24, 2.45) is 0 Å². The fraction of sp³-hybridized carbons (Fsp3) is 0.750. The van der Waals surface area contributed by atoms with Gasteiger partial charge in [0.05, 0.1) is 0 Å². The number of rotatable bonds is 4. The minimum Gasteiger partial charge on any atom is -0.480 e. The van der Waals surface area contributed by atoms with Gasteiger partial charge in [0.2, 0.25) is 5.91 Å². The largest absolute Gasteiger partial charge is 0.480 e. The van der Waals surface area contributed by atoms with Crippen molar-refractivity contribution in [3.63, 3.8) is 0 Å². The molecule has 0 bridgehead atoms. The van der Waals surface area contributed by atoms with Gasteiger partial charge < -0.3 is 20.6 Å². The van der Waals surface area contributed by atoms with Crippen LogP contribution in [0, 0.1) is 0 Å². The Bertz CT molecular complexity index is 359. The molecule has 0 aromatic rings. The van der Waals surface area contributed by atoms with E-state index < -0.39 is 24.1 Å². The van der Waals surface area contributed by atoms with Gasteiger partial charge in [-0.3, -0.25) is 4.79 Å². The lowest BCUT2D eigenvalue weighted by Crippen LogP contribution is -2.56. The molecule has 108 valence electrons. The number of carbonyl (C=O) groups excluding carboxylic acids is 2. The standard InChI is InChI=1S/C12H21N3O4/c1-3-8(11(17)18)14-12(19)15-7-5-4-6-9(15)10(16)13-2/h8-9H,3-7H2,1-2H3,(H,13,16)(H,14,19)(H,17,18)/t8-,9?/m1/s1. The average molecular weight is 271 g/mol. The third kappa shape index (κ3) is 3.84. The number of likely N-dealkylation sites (N-methyl/N-ethyl adjacent to an activating group) is 1. The summed E-state index contributed by atoms with van der Waals surface area (Å²) in [4.78, 5) is 36.1. The zero-order chi connectivity index (χ0) is 14.4. The highest BCUT2D eigenvalue weighted by atomic mass is 16.4. The molecule has 2 atom stereocenters. The van der Waals surface area contributed by atoms with E-state index in [4.69, 9.17) is 5.11 Å². The highest BCUT2D eigenvalue weighted by Gasteiger charge is 2.33. The zero-order valence-corrected chi connectivity index (χ0v) is 11.3. The molecular formula is C12H21N3O4. The van der Waals surface area contributed by atoms with Crippen LogP contribution in [0.15, 0.2) is 0 Å². The summed E-state index contributed by atoms with van der Waals surface area (Å²) in [6.07, 6.45) is 2.62. The summed E-state index contributed by atoms with van der Waals surface area (Å²) in [6, 6.07) is -1.91. The Morgan fingerprint density at radius 2 is 2.05 bits per heavy atom. The Kier molecular flexibility index (Phi) is 5.59. The van der Waals surface area contributed by atoms with Crippen LogP contribution < -0.4 is 10.6 Å². The normalized spacial score (nSPS) is 20.5. The van der Waals surface area contributed by atoms with Crippen molar-refractivity contribution in [1.29, 1.82) is 0 Å². The molecule has 1 rings (SSSR count). The van der Waals surface area contributed by atoms with E-state index in [1.165, 1.54) is 11.9 Å². The first kappa shape index (κ1) is 15.3. The van der Waals surface area contributed by atoms with E-state index in [1.54, 1.807) is 6.92 Å². The number of nitrogens with zero attached hydrogens (tertiary/aromatic N) is 1. The number of urea groups is 1. The molecule has 7 heteroatoms. The van der Waals surface area contributed by atoms with Gasteiger partial charge in [-0.25, -0.2) is 9.59 Å². The smallest absolute Gasteiger partial charge is 0.326 e. The van der Waals surface area contributed by atoms with Crippen LogP contribution in [0.25, 0.3) is 0 Å². The van der Waals surface area contributed by atoms with Crippen molar-refractivity contribution in [3.8, 4) is 0 Å². The molecule has 19 heavy (non-hydrogen) atoms. The maximum atomic E-state index is 12.1. The summed E-state index contributed by atoms with van der Waals surface area (Å²) in [5.74, 6) is -1.28. The van der Waals surface area contributed by atoms with Crippen LogP contribution >= 0.6 is 0 Å². The van der Waals surface area contributed by atoms with E-state index in [1.807, 2.05) is 0 Å². The van der Waals surface area contributed by atoms with E-state index in [0.717, 1.165) is 12.8 Å². The molecule has 3 amide bonds. The molecule has 1 saturated heterocycles. The molecule has 0 radical (unpaired) electrons. The number of carboxylic acids is 1. The van der Waals surface area contributed by atoms with Crippen LogP contribution in [0.5, 0.6) is 0 Å². The Morgan fingerprint density at radius 3 is 2.58 bits per heavy atom. The molecule has 0 aromatic heterocycles. The van der Waals surface area contributed by atoms with E-state index in [-0.39, 0.29) is 5.91 Å². The molecule has 0 saturated carbocycles. The van der Waals surface area contributed by atoms with Gasteiger partial charge in [0.1, 0.15) is 12.1 Å². The van der Waals surface area contributed by atoms with Crippen molar-refractivity contribution < 1.29 is 19.5 Å². The van der Waals surface area contributed by atoms with Gasteiger partial charge in [-0.15, -0.1) is 0 Å². The number of amides is 3. The number of carboxylic acid groups (broad SMARTS) is 1. The van der Waals surface area contributed by atoms with Crippen LogP contribution in [0.4, 0.5) is 4.79 Å². The number of piperidine rings is 1. The minimum absolute atomic E-state index is 0.210.